The molecular weight excluding hydrogens is 390 g/mol. The minimum atomic E-state index is -1.05. The van der Waals surface area contributed by atoms with Gasteiger partial charge in [0.15, 0.2) is 0 Å². The Balaban J connectivity index is 1.57. The summed E-state index contributed by atoms with van der Waals surface area (Å²) in [4.78, 5) is 21.2. The lowest BCUT2D eigenvalue weighted by atomic mass is 9.81. The van der Waals surface area contributed by atoms with Crippen molar-refractivity contribution in [2.75, 3.05) is 6.54 Å². The Morgan fingerprint density at radius 2 is 1.90 bits per heavy atom. The maximum Gasteiger partial charge on any atom is 0.223 e. The number of nitrogens with one attached hydrogen (secondary N) is 2. The average Bonchev–Trinajstić information content (AvgIpc) is 3.22. The third kappa shape index (κ3) is 5.12. The second kappa shape index (κ2) is 9.60. The molecule has 1 aliphatic carbocycles. The summed E-state index contributed by atoms with van der Waals surface area (Å²) in [6, 6.07) is 15.2. The molecule has 2 atom stereocenters. The van der Waals surface area contributed by atoms with Crippen LogP contribution in [-0.4, -0.2) is 27.5 Å². The Bertz CT molecular complexity index is 1010. The maximum absolute atomic E-state index is 13.1. The lowest BCUT2D eigenvalue weighted by molar-refractivity contribution is -0.127. The van der Waals surface area contributed by atoms with Crippen LogP contribution in [0.1, 0.15) is 54.9 Å². The van der Waals surface area contributed by atoms with Crippen molar-refractivity contribution < 1.29 is 9.90 Å². The summed E-state index contributed by atoms with van der Waals surface area (Å²) >= 11 is 0. The molecule has 1 aromatic heterocycles. The van der Waals surface area contributed by atoms with Gasteiger partial charge in [0.2, 0.25) is 5.91 Å². The Kier molecular flexibility index (Phi) is 6.65. The third-order valence-corrected chi connectivity index (χ3v) is 6.35. The van der Waals surface area contributed by atoms with Gasteiger partial charge in [-0.05, 0) is 67.8 Å². The lowest BCUT2D eigenvalue weighted by Crippen LogP contribution is -2.37. The molecule has 1 saturated carbocycles. The fraction of sp³-hybridized carbons (Fsp3) is 0.417. The second-order valence-corrected chi connectivity index (χ2v) is 8.55. The summed E-state index contributed by atoms with van der Waals surface area (Å²) in [7, 11) is 0. The van der Waals surface area contributed by atoms with Gasteiger partial charge >= 0.3 is 0 Å². The Labute approximate surface area is 182 Å². The van der Waals surface area contributed by atoms with Crippen LogP contribution in [0.5, 0.6) is 0 Å². The number of carbonyl (C=O) groups excluding carboxylic acids is 1. The summed E-state index contributed by atoms with van der Waals surface area (Å²) in [5.41, 5.74) is 14.7. The van der Waals surface area contributed by atoms with E-state index in [9.17, 15) is 9.90 Å². The minimum absolute atomic E-state index is 0.0180. The van der Waals surface area contributed by atoms with E-state index in [0.717, 1.165) is 36.8 Å². The molecule has 1 heterocycles. The van der Waals surface area contributed by atoms with Gasteiger partial charge in [-0.25, -0.2) is 4.98 Å². The molecule has 0 aliphatic heterocycles. The summed E-state index contributed by atoms with van der Waals surface area (Å²) < 4.78 is 0. The molecule has 0 spiro atoms. The largest absolute Gasteiger partial charge is 0.375 e. The zero-order valence-corrected chi connectivity index (χ0v) is 17.6. The number of hydrogen-bond acceptors (Lipinski definition) is 5. The highest BCUT2D eigenvalue weighted by molar-refractivity contribution is 5.80. The summed E-state index contributed by atoms with van der Waals surface area (Å²) in [6.45, 7) is 0.698. The number of fused-ring (bicyclic) bond motifs is 1. The number of carbonyl (C=O) groups is 1. The molecule has 7 N–H and O–H groups in total. The van der Waals surface area contributed by atoms with Crippen molar-refractivity contribution in [3.63, 3.8) is 0 Å². The van der Waals surface area contributed by atoms with Crippen LogP contribution in [0.3, 0.4) is 0 Å². The first-order valence-corrected chi connectivity index (χ1v) is 11.0. The smallest absolute Gasteiger partial charge is 0.223 e. The zero-order valence-electron chi connectivity index (χ0n) is 17.6. The van der Waals surface area contributed by atoms with E-state index in [1.807, 2.05) is 24.3 Å². The summed E-state index contributed by atoms with van der Waals surface area (Å²) in [5, 5.41) is 12.9. The van der Waals surface area contributed by atoms with Crippen LogP contribution in [0.4, 0.5) is 0 Å². The number of nitrogens with zero attached hydrogens (tertiary/aromatic N) is 1. The van der Waals surface area contributed by atoms with Gasteiger partial charge in [-0.1, -0.05) is 36.4 Å². The van der Waals surface area contributed by atoms with E-state index < -0.39 is 6.23 Å². The first kappa shape index (κ1) is 21.5. The Morgan fingerprint density at radius 1 is 1.16 bits per heavy atom. The molecule has 4 rings (SSSR count). The van der Waals surface area contributed by atoms with Crippen LogP contribution < -0.4 is 16.8 Å². The Morgan fingerprint density at radius 3 is 2.58 bits per heavy atom. The number of imidazole rings is 1. The van der Waals surface area contributed by atoms with Gasteiger partial charge in [0.1, 0.15) is 12.1 Å². The number of nitrogens with two attached hydrogens (primary N) is 2. The number of hydrogen-bond donors (Lipinski definition) is 5. The van der Waals surface area contributed by atoms with E-state index in [-0.39, 0.29) is 17.9 Å². The van der Waals surface area contributed by atoms with Crippen LogP contribution in [0.25, 0.3) is 11.0 Å². The fourth-order valence-electron chi connectivity index (χ4n) is 4.41. The van der Waals surface area contributed by atoms with E-state index in [1.165, 1.54) is 0 Å². The van der Waals surface area contributed by atoms with Crippen LogP contribution >= 0.6 is 0 Å². The van der Waals surface area contributed by atoms with E-state index in [0.29, 0.717) is 35.8 Å². The molecule has 7 nitrogen and oxygen atoms in total. The molecule has 164 valence electrons. The van der Waals surface area contributed by atoms with Crippen molar-refractivity contribution in [2.24, 2.45) is 23.3 Å². The van der Waals surface area contributed by atoms with Gasteiger partial charge in [0.05, 0.1) is 17.1 Å². The normalized spacial score (nSPS) is 21.0. The number of aliphatic hydroxyl groups excluding tert-OH is 1. The summed E-state index contributed by atoms with van der Waals surface area (Å²) in [6.07, 6.45) is 3.36. The molecule has 2 aromatic carbocycles. The highest BCUT2D eigenvalue weighted by Crippen LogP contribution is 2.29. The van der Waals surface area contributed by atoms with Crippen molar-refractivity contribution in [1.29, 1.82) is 0 Å². The minimum Gasteiger partial charge on any atom is -0.375 e. The van der Waals surface area contributed by atoms with E-state index >= 15 is 0 Å². The second-order valence-electron chi connectivity index (χ2n) is 8.55. The molecule has 7 heteroatoms. The number of benzene rings is 2. The van der Waals surface area contributed by atoms with Crippen LogP contribution in [0.2, 0.25) is 0 Å². The molecule has 0 radical (unpaired) electrons. The summed E-state index contributed by atoms with van der Waals surface area (Å²) in [5.74, 6) is 1.33. The van der Waals surface area contributed by atoms with Gasteiger partial charge in [-0.15, -0.1) is 0 Å². The molecule has 3 aromatic rings. The topological polar surface area (TPSA) is 130 Å². The van der Waals surface area contributed by atoms with Crippen LogP contribution in [0, 0.1) is 11.8 Å². The van der Waals surface area contributed by atoms with Gasteiger partial charge in [-0.3, -0.25) is 4.79 Å². The highest BCUT2D eigenvalue weighted by atomic mass is 16.3. The molecule has 31 heavy (non-hydrogen) atoms. The van der Waals surface area contributed by atoms with Crippen LogP contribution in [0.15, 0.2) is 48.5 Å². The lowest BCUT2D eigenvalue weighted by Gasteiger charge is -2.28. The zero-order chi connectivity index (χ0) is 21.8. The van der Waals surface area contributed by atoms with Gasteiger partial charge < -0.3 is 26.9 Å². The van der Waals surface area contributed by atoms with Crippen LogP contribution in [-0.2, 0) is 11.2 Å². The number of amides is 1. The van der Waals surface area contributed by atoms with E-state index in [2.05, 4.69) is 22.4 Å². The van der Waals surface area contributed by atoms with Gasteiger partial charge in [-0.2, -0.15) is 0 Å². The van der Waals surface area contributed by atoms with Crippen molar-refractivity contribution in [2.45, 2.75) is 44.4 Å². The predicted octanol–water partition coefficient (Wildman–Crippen LogP) is 2.68. The number of aromatic nitrogens is 2. The molecular formula is C24H31N5O2. The monoisotopic (exact) mass is 421 g/mol. The van der Waals surface area contributed by atoms with Crippen molar-refractivity contribution >= 4 is 16.9 Å². The molecule has 1 aliphatic rings. The first-order valence-electron chi connectivity index (χ1n) is 11.0. The van der Waals surface area contributed by atoms with Crippen molar-refractivity contribution in [1.82, 2.24) is 15.3 Å². The third-order valence-electron chi connectivity index (χ3n) is 6.35. The number of H-pyrrole nitrogens is 1. The molecule has 0 saturated heterocycles. The van der Waals surface area contributed by atoms with E-state index in [1.54, 1.807) is 12.1 Å². The maximum atomic E-state index is 13.1. The number of aromatic amines is 1. The fourth-order valence-corrected chi connectivity index (χ4v) is 4.41. The SMILES string of the molecule is NC[C@H]1CC[C@H](C(=O)N[C@@H](Cc2ccccc2)c2nc3cc(C(N)O)ccc3[nH]2)CC1. The Hall–Kier alpha value is -2.74. The molecule has 0 bridgehead atoms. The van der Waals surface area contributed by atoms with E-state index in [4.69, 9.17) is 16.5 Å². The average molecular weight is 422 g/mol. The standard InChI is InChI=1S/C24H31N5O2/c25-14-16-6-8-17(9-7-16)24(31)29-21(12-15-4-2-1-3-5-15)23-27-19-11-10-18(22(26)30)13-20(19)28-23/h1-5,10-11,13,16-17,21-22,30H,6-9,12,14,25-26H2,(H,27,28)(H,29,31)/t16-,17-,21-,22?/m0/s1. The van der Waals surface area contributed by atoms with Crippen molar-refractivity contribution in [3.8, 4) is 0 Å². The molecule has 1 amide bonds. The van der Waals surface area contributed by atoms with Gasteiger partial charge in [0.25, 0.3) is 0 Å². The highest BCUT2D eigenvalue weighted by Gasteiger charge is 2.28. The first-order chi connectivity index (χ1) is 15.0. The number of rotatable bonds is 7. The number of aliphatic hydroxyl groups is 1. The molecule has 1 fully saturated rings. The predicted molar refractivity (Wildman–Crippen MR) is 121 cm³/mol. The van der Waals surface area contributed by atoms with Crippen molar-refractivity contribution in [3.05, 3.63) is 65.5 Å². The quantitative estimate of drug-likeness (QED) is 0.375. The molecule has 1 unspecified atom stereocenters. The van der Waals surface area contributed by atoms with Gasteiger partial charge in [0, 0.05) is 5.92 Å².